The van der Waals surface area contributed by atoms with E-state index < -0.39 is 23.8 Å². The van der Waals surface area contributed by atoms with Gasteiger partial charge in [0.15, 0.2) is 0 Å². The van der Waals surface area contributed by atoms with Crippen molar-refractivity contribution in [2.24, 2.45) is 5.92 Å². The number of imidazole rings is 1. The molecule has 0 N–H and O–H groups in total. The minimum absolute atomic E-state index is 0.00940. The number of nitrogens with zero attached hydrogens (tertiary/aromatic N) is 5. The summed E-state index contributed by atoms with van der Waals surface area (Å²) in [4.78, 5) is 18.8. The van der Waals surface area contributed by atoms with Gasteiger partial charge in [-0.2, -0.15) is 13.2 Å². The summed E-state index contributed by atoms with van der Waals surface area (Å²) in [6, 6.07) is 4.21. The van der Waals surface area contributed by atoms with Crippen molar-refractivity contribution in [3.63, 3.8) is 0 Å². The van der Waals surface area contributed by atoms with E-state index in [0.717, 1.165) is 30.1 Å². The zero-order chi connectivity index (χ0) is 24.7. The first-order valence-electron chi connectivity index (χ1n) is 11.6. The van der Waals surface area contributed by atoms with E-state index in [9.17, 15) is 18.0 Å². The lowest BCUT2D eigenvalue weighted by molar-refractivity contribution is -0.137. The van der Waals surface area contributed by atoms with Crippen molar-refractivity contribution in [3.05, 3.63) is 53.3 Å². The van der Waals surface area contributed by atoms with Gasteiger partial charge in [0.05, 0.1) is 17.6 Å². The van der Waals surface area contributed by atoms with Crippen molar-refractivity contribution < 1.29 is 27.1 Å². The van der Waals surface area contributed by atoms with E-state index in [2.05, 4.69) is 15.2 Å². The number of rotatable bonds is 6. The highest BCUT2D eigenvalue weighted by Crippen LogP contribution is 2.35. The fraction of sp³-hybridized carbons (Fsp3) is 0.500. The Bertz CT molecular complexity index is 1220. The first-order valence-corrected chi connectivity index (χ1v) is 11.6. The van der Waals surface area contributed by atoms with E-state index in [0.29, 0.717) is 37.1 Å². The number of aryl methyl sites for hydroxylation is 1. The van der Waals surface area contributed by atoms with Gasteiger partial charge in [0, 0.05) is 38.2 Å². The Balaban J connectivity index is 1.30. The molecule has 5 rings (SSSR count). The monoisotopic (exact) mass is 489 g/mol. The van der Waals surface area contributed by atoms with Crippen LogP contribution in [0, 0.1) is 12.8 Å². The Hall–Kier alpha value is -3.21. The van der Waals surface area contributed by atoms with Crippen LogP contribution in [0.15, 0.2) is 35.0 Å². The molecule has 3 aromatic rings. The zero-order valence-corrected chi connectivity index (χ0v) is 19.5. The first kappa shape index (κ1) is 23.5. The molecule has 0 spiro atoms. The van der Waals surface area contributed by atoms with E-state index in [4.69, 9.17) is 9.15 Å². The summed E-state index contributed by atoms with van der Waals surface area (Å²) in [7, 11) is 1.59. The van der Waals surface area contributed by atoms with Gasteiger partial charge in [-0.3, -0.25) is 4.79 Å². The van der Waals surface area contributed by atoms with Crippen LogP contribution in [0.4, 0.5) is 13.2 Å². The Morgan fingerprint density at radius 3 is 2.77 bits per heavy atom. The van der Waals surface area contributed by atoms with Crippen LogP contribution >= 0.6 is 0 Å². The van der Waals surface area contributed by atoms with Crippen LogP contribution in [-0.2, 0) is 17.5 Å². The standard InChI is InChI=1S/C24H26F3N5O3/c1-14-20(32(13-28-14)12-15-6-7-15)22-30-29-21(35-22)19-11-18(8-9-34-19)31(2)23(33)16-4-3-5-17(10-16)24(25,26)27/h3-5,10,13,15,18-19H,6-9,11-12H2,1-2H3/t18-,19+/m1/s1. The SMILES string of the molecule is Cc1ncn(CC2CC2)c1-c1nnc([C@@H]2C[C@H](N(C)C(=O)c3cccc(C(F)(F)F)c3)CCO2)o1. The number of amides is 1. The molecule has 1 aliphatic carbocycles. The minimum atomic E-state index is -4.51. The molecule has 3 heterocycles. The van der Waals surface area contributed by atoms with E-state index in [-0.39, 0.29) is 11.6 Å². The number of hydrogen-bond acceptors (Lipinski definition) is 6. The second-order valence-corrected chi connectivity index (χ2v) is 9.25. The number of benzene rings is 1. The van der Waals surface area contributed by atoms with E-state index in [1.165, 1.54) is 29.9 Å². The van der Waals surface area contributed by atoms with Crippen LogP contribution in [0.3, 0.4) is 0 Å². The van der Waals surface area contributed by atoms with E-state index in [1.807, 2.05) is 11.5 Å². The normalized spacial score (nSPS) is 20.7. The molecule has 1 aliphatic heterocycles. The van der Waals surface area contributed by atoms with Gasteiger partial charge in [-0.05, 0) is 50.3 Å². The van der Waals surface area contributed by atoms with Gasteiger partial charge < -0.3 is 18.6 Å². The lowest BCUT2D eigenvalue weighted by Crippen LogP contribution is -2.41. The number of halogens is 3. The lowest BCUT2D eigenvalue weighted by atomic mass is 10.0. The van der Waals surface area contributed by atoms with Crippen molar-refractivity contribution in [2.75, 3.05) is 13.7 Å². The molecule has 1 aromatic carbocycles. The van der Waals surface area contributed by atoms with Crippen LogP contribution in [-0.4, -0.2) is 50.3 Å². The highest BCUT2D eigenvalue weighted by atomic mass is 19.4. The number of aromatic nitrogens is 4. The van der Waals surface area contributed by atoms with Crippen molar-refractivity contribution in [3.8, 4) is 11.6 Å². The summed E-state index contributed by atoms with van der Waals surface area (Å²) in [5.41, 5.74) is 0.732. The molecule has 0 bridgehead atoms. The van der Waals surface area contributed by atoms with Crippen LogP contribution in [0.5, 0.6) is 0 Å². The number of ether oxygens (including phenoxy) is 1. The maximum absolute atomic E-state index is 13.1. The third-order valence-electron chi connectivity index (χ3n) is 6.65. The molecule has 1 saturated carbocycles. The molecule has 1 saturated heterocycles. The molecule has 2 fully saturated rings. The molecule has 2 aliphatic rings. The van der Waals surface area contributed by atoms with Gasteiger partial charge in [-0.1, -0.05) is 6.07 Å². The molecular weight excluding hydrogens is 463 g/mol. The number of carbonyl (C=O) groups excluding carboxylic acids is 1. The molecule has 1 amide bonds. The highest BCUT2D eigenvalue weighted by Gasteiger charge is 2.35. The van der Waals surface area contributed by atoms with Crippen molar-refractivity contribution in [1.82, 2.24) is 24.6 Å². The average molecular weight is 489 g/mol. The molecule has 0 radical (unpaired) electrons. The molecule has 186 valence electrons. The second kappa shape index (κ2) is 9.10. The Morgan fingerprint density at radius 2 is 2.03 bits per heavy atom. The predicted octanol–water partition coefficient (Wildman–Crippen LogP) is 4.66. The predicted molar refractivity (Wildman–Crippen MR) is 118 cm³/mol. The van der Waals surface area contributed by atoms with Gasteiger partial charge in [-0.15, -0.1) is 10.2 Å². The third kappa shape index (κ3) is 4.95. The molecule has 11 heteroatoms. The highest BCUT2D eigenvalue weighted by molar-refractivity contribution is 5.94. The molecule has 8 nitrogen and oxygen atoms in total. The minimum Gasteiger partial charge on any atom is -0.416 e. The van der Waals surface area contributed by atoms with Crippen LogP contribution in [0.1, 0.15) is 59.3 Å². The largest absolute Gasteiger partial charge is 0.416 e. The van der Waals surface area contributed by atoms with Crippen molar-refractivity contribution >= 4 is 5.91 Å². The van der Waals surface area contributed by atoms with Crippen molar-refractivity contribution in [1.29, 1.82) is 0 Å². The smallest absolute Gasteiger partial charge is 0.416 e. The second-order valence-electron chi connectivity index (χ2n) is 9.25. The first-order chi connectivity index (χ1) is 16.7. The van der Waals surface area contributed by atoms with Gasteiger partial charge in [-0.25, -0.2) is 4.98 Å². The molecule has 0 unspecified atom stereocenters. The lowest BCUT2D eigenvalue weighted by Gasteiger charge is -2.34. The van der Waals surface area contributed by atoms with Crippen LogP contribution < -0.4 is 0 Å². The maximum atomic E-state index is 13.1. The fourth-order valence-electron chi connectivity index (χ4n) is 4.44. The summed E-state index contributed by atoms with van der Waals surface area (Å²) in [5, 5.41) is 8.42. The molecule has 2 atom stereocenters. The average Bonchev–Trinajstić information content (AvgIpc) is 3.40. The Kier molecular flexibility index (Phi) is 6.12. The van der Waals surface area contributed by atoms with Crippen molar-refractivity contribution in [2.45, 2.75) is 57.5 Å². The van der Waals surface area contributed by atoms with E-state index >= 15 is 0 Å². The summed E-state index contributed by atoms with van der Waals surface area (Å²) >= 11 is 0. The Morgan fingerprint density at radius 1 is 1.23 bits per heavy atom. The van der Waals surface area contributed by atoms with Crippen LogP contribution in [0.25, 0.3) is 11.6 Å². The zero-order valence-electron chi connectivity index (χ0n) is 19.5. The summed E-state index contributed by atoms with van der Waals surface area (Å²) in [5.74, 6) is 0.850. The molecule has 35 heavy (non-hydrogen) atoms. The number of alkyl halides is 3. The summed E-state index contributed by atoms with van der Waals surface area (Å²) in [6.07, 6.45) is 0.0994. The van der Waals surface area contributed by atoms with Crippen LogP contribution in [0.2, 0.25) is 0 Å². The van der Waals surface area contributed by atoms with Gasteiger partial charge >= 0.3 is 6.18 Å². The van der Waals surface area contributed by atoms with Gasteiger partial charge in [0.1, 0.15) is 11.8 Å². The molecular formula is C24H26F3N5O3. The van der Waals surface area contributed by atoms with Gasteiger partial charge in [0.2, 0.25) is 5.89 Å². The Labute approximate surface area is 200 Å². The van der Waals surface area contributed by atoms with E-state index in [1.54, 1.807) is 13.4 Å². The van der Waals surface area contributed by atoms with Gasteiger partial charge in [0.25, 0.3) is 11.8 Å². The fourth-order valence-corrected chi connectivity index (χ4v) is 4.44. The summed E-state index contributed by atoms with van der Waals surface area (Å²) in [6.45, 7) is 3.11. The third-order valence-corrected chi connectivity index (χ3v) is 6.65. The number of carbonyl (C=O) groups is 1. The quantitative estimate of drug-likeness (QED) is 0.501. The molecule has 2 aromatic heterocycles. The topological polar surface area (TPSA) is 86.3 Å². The number of hydrogen-bond donors (Lipinski definition) is 0. The summed E-state index contributed by atoms with van der Waals surface area (Å²) < 4.78 is 53.1. The maximum Gasteiger partial charge on any atom is 0.416 e.